The molecule has 88 valence electrons. The fourth-order valence-electron chi connectivity index (χ4n) is 2.61. The summed E-state index contributed by atoms with van der Waals surface area (Å²) < 4.78 is 12.9. The lowest BCUT2D eigenvalue weighted by Gasteiger charge is -2.35. The van der Waals surface area contributed by atoms with Gasteiger partial charge < -0.3 is 0 Å². The van der Waals surface area contributed by atoms with Crippen LogP contribution >= 0.6 is 0 Å². The molecule has 0 spiro atoms. The number of hydrogen-bond donors (Lipinski definition) is 0. The van der Waals surface area contributed by atoms with Crippen LogP contribution in [0.25, 0.3) is 0 Å². The summed E-state index contributed by atoms with van der Waals surface area (Å²) in [6.45, 7) is 4.56. The van der Waals surface area contributed by atoms with E-state index in [1.54, 1.807) is 12.1 Å². The first-order chi connectivity index (χ1) is 7.81. The third-order valence-corrected chi connectivity index (χ3v) is 3.38. The van der Waals surface area contributed by atoms with Gasteiger partial charge in [0.05, 0.1) is 0 Å². The quantitative estimate of drug-likeness (QED) is 0.751. The summed E-state index contributed by atoms with van der Waals surface area (Å²) in [5.41, 5.74) is 1.27. The molecule has 1 saturated heterocycles. The fourth-order valence-corrected chi connectivity index (χ4v) is 2.61. The molecule has 1 aliphatic heterocycles. The molecule has 2 rings (SSSR count). The number of hydrogen-bond acceptors (Lipinski definition) is 1. The molecule has 0 aromatic heterocycles. The van der Waals surface area contributed by atoms with Crippen LogP contribution in [0, 0.1) is 5.82 Å². The minimum Gasteiger partial charge on any atom is -0.296 e. The summed E-state index contributed by atoms with van der Waals surface area (Å²) in [4.78, 5) is 2.54. The maximum absolute atomic E-state index is 12.9. The highest BCUT2D eigenvalue weighted by Crippen LogP contribution is 2.30. The van der Waals surface area contributed by atoms with E-state index in [0.29, 0.717) is 6.04 Å². The molecule has 0 radical (unpaired) electrons. The number of piperidine rings is 1. The van der Waals surface area contributed by atoms with E-state index in [0.717, 1.165) is 6.54 Å². The van der Waals surface area contributed by atoms with Crippen molar-refractivity contribution in [3.8, 4) is 0 Å². The van der Waals surface area contributed by atoms with Crippen molar-refractivity contribution in [2.24, 2.45) is 0 Å². The molecule has 1 aromatic rings. The molecular formula is C14H20FN. The first-order valence-corrected chi connectivity index (χ1v) is 6.31. The summed E-state index contributed by atoms with van der Waals surface area (Å²) in [6.07, 6.45) is 5.00. The maximum atomic E-state index is 12.9. The lowest BCUT2D eigenvalue weighted by atomic mass is 9.95. The van der Waals surface area contributed by atoms with Gasteiger partial charge >= 0.3 is 0 Å². The second kappa shape index (κ2) is 5.44. The molecule has 1 aromatic carbocycles. The number of nitrogens with zero attached hydrogens (tertiary/aromatic N) is 1. The third kappa shape index (κ3) is 2.62. The van der Waals surface area contributed by atoms with Gasteiger partial charge in [-0.15, -0.1) is 0 Å². The van der Waals surface area contributed by atoms with Gasteiger partial charge in [0.15, 0.2) is 0 Å². The van der Waals surface area contributed by atoms with Gasteiger partial charge in [-0.1, -0.05) is 25.5 Å². The van der Waals surface area contributed by atoms with Crippen LogP contribution in [-0.4, -0.2) is 18.0 Å². The third-order valence-electron chi connectivity index (χ3n) is 3.38. The molecule has 0 bridgehead atoms. The van der Waals surface area contributed by atoms with Crippen molar-refractivity contribution in [1.29, 1.82) is 0 Å². The Hall–Kier alpha value is -0.890. The van der Waals surface area contributed by atoms with Gasteiger partial charge in [-0.2, -0.15) is 0 Å². The van der Waals surface area contributed by atoms with Gasteiger partial charge in [0.1, 0.15) is 5.82 Å². The fraction of sp³-hybridized carbons (Fsp3) is 0.571. The highest BCUT2D eigenvalue weighted by molar-refractivity contribution is 5.20. The van der Waals surface area contributed by atoms with E-state index in [1.807, 2.05) is 12.1 Å². The predicted octanol–water partition coefficient (Wildman–Crippen LogP) is 3.76. The van der Waals surface area contributed by atoms with Crippen LogP contribution < -0.4 is 0 Å². The Kier molecular flexibility index (Phi) is 3.94. The van der Waals surface area contributed by atoms with Crippen LogP contribution in [0.15, 0.2) is 24.3 Å². The average molecular weight is 221 g/mol. The number of benzene rings is 1. The zero-order valence-electron chi connectivity index (χ0n) is 9.95. The second-order valence-electron chi connectivity index (χ2n) is 4.60. The number of likely N-dealkylation sites (tertiary alicyclic amines) is 1. The Morgan fingerprint density at radius 1 is 1.25 bits per heavy atom. The lowest BCUT2D eigenvalue weighted by molar-refractivity contribution is 0.149. The molecular weight excluding hydrogens is 201 g/mol. The van der Waals surface area contributed by atoms with Crippen molar-refractivity contribution < 1.29 is 4.39 Å². The second-order valence-corrected chi connectivity index (χ2v) is 4.60. The first kappa shape index (κ1) is 11.6. The summed E-state index contributed by atoms with van der Waals surface area (Å²) in [6, 6.07) is 7.54. The zero-order valence-corrected chi connectivity index (χ0v) is 9.95. The summed E-state index contributed by atoms with van der Waals surface area (Å²) in [5, 5.41) is 0. The first-order valence-electron chi connectivity index (χ1n) is 6.31. The number of rotatable bonds is 3. The molecule has 1 nitrogen and oxygen atoms in total. The molecule has 16 heavy (non-hydrogen) atoms. The van der Waals surface area contributed by atoms with E-state index < -0.39 is 0 Å². The lowest BCUT2D eigenvalue weighted by Crippen LogP contribution is -2.33. The Morgan fingerprint density at radius 2 is 2.00 bits per heavy atom. The molecule has 1 fully saturated rings. The molecule has 0 amide bonds. The van der Waals surface area contributed by atoms with E-state index in [1.165, 1.54) is 37.8 Å². The van der Waals surface area contributed by atoms with Crippen LogP contribution in [-0.2, 0) is 0 Å². The normalized spacial score (nSPS) is 22.2. The molecule has 0 aliphatic carbocycles. The van der Waals surface area contributed by atoms with E-state index in [9.17, 15) is 4.39 Å². The van der Waals surface area contributed by atoms with E-state index >= 15 is 0 Å². The highest BCUT2D eigenvalue weighted by atomic mass is 19.1. The van der Waals surface area contributed by atoms with E-state index in [-0.39, 0.29) is 5.82 Å². The van der Waals surface area contributed by atoms with Gasteiger partial charge in [0, 0.05) is 6.04 Å². The van der Waals surface area contributed by atoms with Gasteiger partial charge in [0.2, 0.25) is 0 Å². The van der Waals surface area contributed by atoms with E-state index in [4.69, 9.17) is 0 Å². The van der Waals surface area contributed by atoms with Gasteiger partial charge in [0.25, 0.3) is 0 Å². The summed E-state index contributed by atoms with van der Waals surface area (Å²) in [5.74, 6) is -0.137. The predicted molar refractivity (Wildman–Crippen MR) is 64.9 cm³/mol. The maximum Gasteiger partial charge on any atom is 0.123 e. The van der Waals surface area contributed by atoms with Crippen LogP contribution in [0.3, 0.4) is 0 Å². The standard InChI is InChI=1S/C14H20FN/c1-2-10-16-11-4-3-5-14(16)12-6-8-13(15)9-7-12/h6-9,14H,2-5,10-11H2,1H3/t14-/m0/s1. The number of halogens is 1. The van der Waals surface area contributed by atoms with Crippen molar-refractivity contribution in [2.75, 3.05) is 13.1 Å². The SMILES string of the molecule is CCCN1CCCC[C@H]1c1ccc(F)cc1. The molecule has 2 heteroatoms. The molecule has 0 unspecified atom stereocenters. The van der Waals surface area contributed by atoms with Crippen molar-refractivity contribution in [3.05, 3.63) is 35.6 Å². The van der Waals surface area contributed by atoms with Crippen molar-refractivity contribution >= 4 is 0 Å². The topological polar surface area (TPSA) is 3.24 Å². The zero-order chi connectivity index (χ0) is 11.4. The minimum absolute atomic E-state index is 0.137. The van der Waals surface area contributed by atoms with Crippen molar-refractivity contribution in [2.45, 2.75) is 38.6 Å². The van der Waals surface area contributed by atoms with Crippen LogP contribution in [0.2, 0.25) is 0 Å². The Balaban J connectivity index is 2.13. The minimum atomic E-state index is -0.137. The molecule has 1 heterocycles. The molecule has 1 aliphatic rings. The van der Waals surface area contributed by atoms with Gasteiger partial charge in [-0.3, -0.25) is 4.90 Å². The molecule has 0 saturated carbocycles. The average Bonchev–Trinajstić information content (AvgIpc) is 2.32. The molecule has 1 atom stereocenters. The monoisotopic (exact) mass is 221 g/mol. The Labute approximate surface area is 97.3 Å². The van der Waals surface area contributed by atoms with Crippen molar-refractivity contribution in [1.82, 2.24) is 4.90 Å². The highest BCUT2D eigenvalue weighted by Gasteiger charge is 2.22. The largest absolute Gasteiger partial charge is 0.296 e. The van der Waals surface area contributed by atoms with Crippen LogP contribution in [0.4, 0.5) is 4.39 Å². The smallest absolute Gasteiger partial charge is 0.123 e. The van der Waals surface area contributed by atoms with Crippen LogP contribution in [0.1, 0.15) is 44.2 Å². The Bertz CT molecular complexity index is 318. The summed E-state index contributed by atoms with van der Waals surface area (Å²) >= 11 is 0. The van der Waals surface area contributed by atoms with Gasteiger partial charge in [-0.05, 0) is 50.0 Å². The van der Waals surface area contributed by atoms with E-state index in [2.05, 4.69) is 11.8 Å². The molecule has 0 N–H and O–H groups in total. The van der Waals surface area contributed by atoms with Crippen molar-refractivity contribution in [3.63, 3.8) is 0 Å². The van der Waals surface area contributed by atoms with Crippen LogP contribution in [0.5, 0.6) is 0 Å². The van der Waals surface area contributed by atoms with Gasteiger partial charge in [-0.25, -0.2) is 4.39 Å². The summed E-state index contributed by atoms with van der Waals surface area (Å²) in [7, 11) is 0. The Morgan fingerprint density at radius 3 is 2.69 bits per heavy atom.